The highest BCUT2D eigenvalue weighted by Gasteiger charge is 2.54. The summed E-state index contributed by atoms with van der Waals surface area (Å²) >= 11 is 0. The van der Waals surface area contributed by atoms with E-state index in [1.165, 1.54) is 0 Å². The number of carbonyl (C=O) groups excluding carboxylic acids is 3. The highest BCUT2D eigenvalue weighted by molar-refractivity contribution is 6.24. The van der Waals surface area contributed by atoms with Crippen molar-refractivity contribution in [3.63, 3.8) is 0 Å². The molecule has 3 rings (SSSR count). The monoisotopic (exact) mass is 425 g/mol. The number of Topliss-reactive ketones (excluding diaryl/α,β-unsaturated/α-hetero) is 2. The number of ketones is 2. The van der Waals surface area contributed by atoms with Crippen molar-refractivity contribution in [2.45, 2.75) is 64.9 Å². The maximum absolute atomic E-state index is 13.4. The Kier molecular flexibility index (Phi) is 7.11. The predicted molar refractivity (Wildman–Crippen MR) is 118 cm³/mol. The normalized spacial score (nSPS) is 22.8. The van der Waals surface area contributed by atoms with E-state index in [1.54, 1.807) is 24.1 Å². The van der Waals surface area contributed by atoms with Crippen LogP contribution in [0.5, 0.6) is 0 Å². The largest absolute Gasteiger partial charge is 0.442 e. The molecule has 0 saturated carbocycles. The summed E-state index contributed by atoms with van der Waals surface area (Å²) in [5.74, 6) is -1.32. The molecule has 2 aliphatic heterocycles. The number of esters is 1. The number of ether oxygens (including phenoxy) is 1. The van der Waals surface area contributed by atoms with Gasteiger partial charge in [0.2, 0.25) is 5.78 Å². The van der Waals surface area contributed by atoms with Crippen LogP contribution in [0.1, 0.15) is 59.3 Å². The lowest BCUT2D eigenvalue weighted by Gasteiger charge is -2.34. The third-order valence-electron chi connectivity index (χ3n) is 5.96. The first-order valence-electron chi connectivity index (χ1n) is 11.1. The van der Waals surface area contributed by atoms with Gasteiger partial charge in [-0.2, -0.15) is 0 Å². The van der Waals surface area contributed by atoms with E-state index in [-0.39, 0.29) is 30.2 Å². The third-order valence-corrected chi connectivity index (χ3v) is 5.96. The van der Waals surface area contributed by atoms with E-state index in [0.717, 1.165) is 37.8 Å². The fraction of sp³-hybridized carbons (Fsp3) is 0.480. The van der Waals surface area contributed by atoms with E-state index < -0.39 is 11.6 Å². The van der Waals surface area contributed by atoms with Crippen molar-refractivity contribution in [3.05, 3.63) is 58.5 Å². The van der Waals surface area contributed by atoms with Crippen LogP contribution in [-0.2, 0) is 19.1 Å². The van der Waals surface area contributed by atoms with E-state index in [1.807, 2.05) is 25.2 Å². The summed E-state index contributed by atoms with van der Waals surface area (Å²) in [7, 11) is 0. The number of carbonyl (C=O) groups is 3. The second-order valence-electron chi connectivity index (χ2n) is 8.26. The predicted octanol–water partition coefficient (Wildman–Crippen LogP) is 3.69. The van der Waals surface area contributed by atoms with Gasteiger partial charge < -0.3 is 14.7 Å². The molecule has 6 nitrogen and oxygen atoms in total. The maximum atomic E-state index is 13.4. The zero-order chi connectivity index (χ0) is 22.6. The summed E-state index contributed by atoms with van der Waals surface area (Å²) in [6, 6.07) is 0. The molecule has 1 aliphatic carbocycles. The van der Waals surface area contributed by atoms with E-state index >= 15 is 0 Å². The molecule has 0 spiro atoms. The quantitative estimate of drug-likeness (QED) is 0.326. The lowest BCUT2D eigenvalue weighted by Crippen LogP contribution is -2.43. The number of hydrogen-bond donors (Lipinski definition) is 1. The molecule has 0 saturated heterocycles. The summed E-state index contributed by atoms with van der Waals surface area (Å²) in [5.41, 5.74) is 0.755. The second kappa shape index (κ2) is 9.60. The van der Waals surface area contributed by atoms with Gasteiger partial charge in [-0.1, -0.05) is 38.7 Å². The minimum atomic E-state index is -1.49. The average molecular weight is 426 g/mol. The zero-order valence-electron chi connectivity index (χ0n) is 18.6. The topological polar surface area (TPSA) is 83.9 Å². The molecule has 6 heteroatoms. The fourth-order valence-electron chi connectivity index (χ4n) is 4.26. The first-order chi connectivity index (χ1) is 14.9. The Labute approximate surface area is 183 Å². The van der Waals surface area contributed by atoms with Crippen molar-refractivity contribution < 1.29 is 24.2 Å². The van der Waals surface area contributed by atoms with E-state index in [2.05, 4.69) is 6.92 Å². The van der Waals surface area contributed by atoms with Gasteiger partial charge in [-0.05, 0) is 44.1 Å². The molecule has 31 heavy (non-hydrogen) atoms. The van der Waals surface area contributed by atoms with Gasteiger partial charge in [0.1, 0.15) is 5.57 Å². The van der Waals surface area contributed by atoms with Gasteiger partial charge in [-0.25, -0.2) is 4.79 Å². The van der Waals surface area contributed by atoms with Crippen molar-refractivity contribution in [3.8, 4) is 0 Å². The SMILES string of the molecule is C/C=C\C1=CC2=CC3=C(C(=O)CCCCCCC)C(=O)O[C@]3(C)C(=O)C2=CN1CCO. The highest BCUT2D eigenvalue weighted by atomic mass is 16.6. The van der Waals surface area contributed by atoms with Gasteiger partial charge in [0.15, 0.2) is 11.4 Å². The molecule has 1 atom stereocenters. The lowest BCUT2D eigenvalue weighted by atomic mass is 9.76. The van der Waals surface area contributed by atoms with Crippen molar-refractivity contribution >= 4 is 17.5 Å². The Morgan fingerprint density at radius 2 is 1.94 bits per heavy atom. The minimum Gasteiger partial charge on any atom is -0.442 e. The molecular weight excluding hydrogens is 394 g/mol. The molecule has 0 amide bonds. The number of allylic oxidation sites excluding steroid dienone is 4. The summed E-state index contributed by atoms with van der Waals surface area (Å²) in [6.45, 7) is 5.84. The number of nitrogens with zero attached hydrogens (tertiary/aromatic N) is 1. The number of hydrogen-bond acceptors (Lipinski definition) is 6. The van der Waals surface area contributed by atoms with Crippen LogP contribution in [0.4, 0.5) is 0 Å². The minimum absolute atomic E-state index is 0.0108. The molecule has 2 heterocycles. The van der Waals surface area contributed by atoms with Crippen molar-refractivity contribution in [1.82, 2.24) is 4.90 Å². The van der Waals surface area contributed by atoms with Gasteiger partial charge in [-0.15, -0.1) is 0 Å². The highest BCUT2D eigenvalue weighted by Crippen LogP contribution is 2.44. The number of aliphatic hydroxyl groups excluding tert-OH is 1. The molecule has 0 fully saturated rings. The molecule has 0 aromatic rings. The number of fused-ring (bicyclic) bond motifs is 2. The first-order valence-corrected chi connectivity index (χ1v) is 11.1. The van der Waals surface area contributed by atoms with E-state index in [0.29, 0.717) is 23.3 Å². The Morgan fingerprint density at radius 3 is 2.61 bits per heavy atom. The van der Waals surface area contributed by atoms with Crippen LogP contribution in [0.15, 0.2) is 58.5 Å². The van der Waals surface area contributed by atoms with Crippen LogP contribution in [0.2, 0.25) is 0 Å². The van der Waals surface area contributed by atoms with E-state index in [4.69, 9.17) is 4.74 Å². The van der Waals surface area contributed by atoms with Gasteiger partial charge >= 0.3 is 5.97 Å². The lowest BCUT2D eigenvalue weighted by molar-refractivity contribution is -0.153. The Balaban J connectivity index is 1.97. The second-order valence-corrected chi connectivity index (χ2v) is 8.26. The number of β-amino-alcohol motifs (C(OH)–C–C–N with tert-alkyl or cyclic N) is 1. The van der Waals surface area contributed by atoms with Gasteiger partial charge in [0, 0.05) is 36.0 Å². The summed E-state index contributed by atoms with van der Waals surface area (Å²) in [6.07, 6.45) is 14.3. The maximum Gasteiger partial charge on any atom is 0.343 e. The first kappa shape index (κ1) is 22.9. The standard InChI is InChI=1S/C25H31NO5/c1-4-6-7-8-9-11-21(28)22-20-15-17-14-18(10-5-2)26(12-13-27)16-19(17)23(29)25(20,3)31-24(22)30/h5,10,14-16,27H,4,6-9,11-13H2,1-3H3/b10-5-/t25-/m0/s1. The van der Waals surface area contributed by atoms with Crippen molar-refractivity contribution in [2.75, 3.05) is 13.2 Å². The van der Waals surface area contributed by atoms with Crippen LogP contribution in [0, 0.1) is 0 Å². The summed E-state index contributed by atoms with van der Waals surface area (Å²) in [5, 5.41) is 9.38. The molecule has 0 radical (unpaired) electrons. The average Bonchev–Trinajstić information content (AvgIpc) is 3.00. The van der Waals surface area contributed by atoms with Crippen LogP contribution >= 0.6 is 0 Å². The molecule has 0 aromatic heterocycles. The number of aliphatic hydroxyl groups is 1. The summed E-state index contributed by atoms with van der Waals surface area (Å²) in [4.78, 5) is 40.7. The van der Waals surface area contributed by atoms with Gasteiger partial charge in [-0.3, -0.25) is 9.59 Å². The Morgan fingerprint density at radius 1 is 1.19 bits per heavy atom. The van der Waals surface area contributed by atoms with Crippen molar-refractivity contribution in [2.24, 2.45) is 0 Å². The van der Waals surface area contributed by atoms with Crippen LogP contribution in [-0.4, -0.2) is 46.3 Å². The molecule has 0 aromatic carbocycles. The Bertz CT molecular complexity index is 934. The molecule has 0 unspecified atom stereocenters. The molecular formula is C25H31NO5. The molecule has 166 valence electrons. The molecule has 1 N–H and O–H groups in total. The Hall–Kier alpha value is -2.73. The number of rotatable bonds is 10. The van der Waals surface area contributed by atoms with Gasteiger partial charge in [0.25, 0.3) is 0 Å². The zero-order valence-corrected chi connectivity index (χ0v) is 18.6. The molecule has 0 bridgehead atoms. The van der Waals surface area contributed by atoms with E-state index in [9.17, 15) is 19.5 Å². The summed E-state index contributed by atoms with van der Waals surface area (Å²) < 4.78 is 5.49. The van der Waals surface area contributed by atoms with Crippen molar-refractivity contribution in [1.29, 1.82) is 0 Å². The van der Waals surface area contributed by atoms with Crippen LogP contribution in [0.3, 0.4) is 0 Å². The van der Waals surface area contributed by atoms with Crippen LogP contribution in [0.25, 0.3) is 0 Å². The van der Waals surface area contributed by atoms with Gasteiger partial charge in [0.05, 0.1) is 6.61 Å². The fourth-order valence-corrected chi connectivity index (χ4v) is 4.26. The van der Waals surface area contributed by atoms with Crippen LogP contribution < -0.4 is 0 Å². The molecule has 3 aliphatic rings. The third kappa shape index (κ3) is 4.35. The number of unbranched alkanes of at least 4 members (excludes halogenated alkanes) is 4. The smallest absolute Gasteiger partial charge is 0.343 e.